The molecule has 9 aromatic rings. The van der Waals surface area contributed by atoms with Gasteiger partial charge in [0, 0.05) is 21.5 Å². The molecule has 5 heteroatoms. The quantitative estimate of drug-likeness (QED) is 0.224. The summed E-state index contributed by atoms with van der Waals surface area (Å²) in [5, 5.41) is 5.46. The number of para-hydroxylation sites is 4. The van der Waals surface area contributed by atoms with Crippen LogP contribution in [0.3, 0.4) is 0 Å². The number of imidazole rings is 1. The Bertz CT molecular complexity index is 2490. The highest BCUT2D eigenvalue weighted by Gasteiger charge is 2.22. The fraction of sp³-hybridized carbons (Fsp3) is 0. The fourth-order valence-corrected chi connectivity index (χ4v) is 6.38. The van der Waals surface area contributed by atoms with Crippen LogP contribution in [0.1, 0.15) is 0 Å². The Balaban J connectivity index is 1.52. The molecule has 9 rings (SSSR count). The molecule has 0 aliphatic rings. The van der Waals surface area contributed by atoms with Gasteiger partial charge in [-0.25, -0.2) is 14.4 Å². The average Bonchev–Trinajstić information content (AvgIpc) is 3.58. The molecule has 0 amide bonds. The summed E-state index contributed by atoms with van der Waals surface area (Å²) in [5.41, 5.74) is 7.90. The van der Waals surface area contributed by atoms with E-state index in [1.165, 1.54) is 12.1 Å². The summed E-state index contributed by atoms with van der Waals surface area (Å²) < 4.78 is 18.3. The van der Waals surface area contributed by atoms with Gasteiger partial charge in [0.15, 0.2) is 0 Å². The Morgan fingerprint density at radius 1 is 0.512 bits per heavy atom. The van der Waals surface area contributed by atoms with E-state index in [2.05, 4.69) is 87.8 Å². The van der Waals surface area contributed by atoms with E-state index in [-0.39, 0.29) is 5.82 Å². The number of aromatic nitrogens is 4. The molecule has 3 aromatic heterocycles. The standard InChI is InChI=1S/C36H21FN4/c37-23-19-17-22(18-20-23)28-21-29-25-10-4-7-15-32(25)40(34(29)26-11-2-1-9-24(26)28)36-39-30-13-5-3-12-27(30)35-38-31-14-6-8-16-33(31)41(35)36/h1-21H. The molecule has 0 atom stereocenters. The lowest BCUT2D eigenvalue weighted by Crippen LogP contribution is -2.06. The summed E-state index contributed by atoms with van der Waals surface area (Å²) in [6.45, 7) is 0. The molecule has 0 saturated heterocycles. The summed E-state index contributed by atoms with van der Waals surface area (Å²) >= 11 is 0. The lowest BCUT2D eigenvalue weighted by atomic mass is 9.95. The SMILES string of the molecule is Fc1ccc(-c2cc3c4ccccc4n(-c4nc5ccccc5c5nc6ccccc6n45)c3c3ccccc23)cc1. The molecule has 3 heterocycles. The van der Waals surface area contributed by atoms with Crippen LogP contribution in [0.4, 0.5) is 4.39 Å². The van der Waals surface area contributed by atoms with Crippen molar-refractivity contribution in [1.82, 2.24) is 18.9 Å². The number of rotatable bonds is 2. The van der Waals surface area contributed by atoms with E-state index in [9.17, 15) is 4.39 Å². The number of fused-ring (bicyclic) bond motifs is 10. The minimum atomic E-state index is -0.241. The molecule has 41 heavy (non-hydrogen) atoms. The first-order valence-corrected chi connectivity index (χ1v) is 13.6. The second-order valence-corrected chi connectivity index (χ2v) is 10.4. The number of hydrogen-bond donors (Lipinski definition) is 0. The van der Waals surface area contributed by atoms with Gasteiger partial charge in [0.2, 0.25) is 5.95 Å². The first-order valence-electron chi connectivity index (χ1n) is 13.6. The Hall–Kier alpha value is -5.55. The van der Waals surface area contributed by atoms with Gasteiger partial charge in [-0.3, -0.25) is 8.97 Å². The third-order valence-corrected chi connectivity index (χ3v) is 8.16. The van der Waals surface area contributed by atoms with Gasteiger partial charge in [0.05, 0.1) is 27.6 Å². The second kappa shape index (κ2) is 8.23. The third-order valence-electron chi connectivity index (χ3n) is 8.16. The van der Waals surface area contributed by atoms with Gasteiger partial charge in [-0.05, 0) is 65.0 Å². The highest BCUT2D eigenvalue weighted by Crippen LogP contribution is 2.41. The lowest BCUT2D eigenvalue weighted by molar-refractivity contribution is 0.628. The van der Waals surface area contributed by atoms with Crippen LogP contribution in [0.2, 0.25) is 0 Å². The van der Waals surface area contributed by atoms with Crippen molar-refractivity contribution >= 4 is 60.2 Å². The first-order chi connectivity index (χ1) is 20.3. The first kappa shape index (κ1) is 22.3. The second-order valence-electron chi connectivity index (χ2n) is 10.4. The molecule has 0 spiro atoms. The minimum absolute atomic E-state index is 0.241. The number of nitrogens with zero attached hydrogens (tertiary/aromatic N) is 4. The van der Waals surface area contributed by atoms with Crippen LogP contribution in [-0.4, -0.2) is 18.9 Å². The predicted octanol–water partition coefficient (Wildman–Crippen LogP) is 9.09. The normalized spacial score (nSPS) is 12.0. The van der Waals surface area contributed by atoms with Gasteiger partial charge in [0.25, 0.3) is 0 Å². The summed E-state index contributed by atoms with van der Waals surface area (Å²) in [6.07, 6.45) is 0. The van der Waals surface area contributed by atoms with E-state index >= 15 is 0 Å². The van der Waals surface area contributed by atoms with Crippen LogP contribution in [0, 0.1) is 5.82 Å². The van der Waals surface area contributed by atoms with E-state index < -0.39 is 0 Å². The maximum atomic E-state index is 13.9. The highest BCUT2D eigenvalue weighted by molar-refractivity contribution is 6.22. The zero-order chi connectivity index (χ0) is 27.1. The summed E-state index contributed by atoms with van der Waals surface area (Å²) in [6, 6.07) is 42.4. The van der Waals surface area contributed by atoms with Crippen LogP contribution < -0.4 is 0 Å². The van der Waals surface area contributed by atoms with Gasteiger partial charge >= 0.3 is 0 Å². The Labute approximate surface area is 233 Å². The van der Waals surface area contributed by atoms with Crippen LogP contribution in [-0.2, 0) is 0 Å². The molecule has 0 fully saturated rings. The highest BCUT2D eigenvalue weighted by atomic mass is 19.1. The Kier molecular flexibility index (Phi) is 4.47. The molecular formula is C36H21FN4. The van der Waals surface area contributed by atoms with Crippen molar-refractivity contribution in [3.8, 4) is 17.1 Å². The van der Waals surface area contributed by atoms with Gasteiger partial charge in [-0.1, -0.05) is 78.9 Å². The van der Waals surface area contributed by atoms with Crippen molar-refractivity contribution < 1.29 is 4.39 Å². The number of hydrogen-bond acceptors (Lipinski definition) is 2. The molecule has 4 nitrogen and oxygen atoms in total. The van der Waals surface area contributed by atoms with Gasteiger partial charge in [0.1, 0.15) is 11.5 Å². The topological polar surface area (TPSA) is 35.1 Å². The maximum absolute atomic E-state index is 13.9. The zero-order valence-electron chi connectivity index (χ0n) is 21.8. The predicted molar refractivity (Wildman–Crippen MR) is 165 cm³/mol. The van der Waals surface area contributed by atoms with Crippen molar-refractivity contribution in [2.75, 3.05) is 0 Å². The van der Waals surface area contributed by atoms with Gasteiger partial charge in [-0.2, -0.15) is 0 Å². The lowest BCUT2D eigenvalue weighted by Gasteiger charge is -2.14. The van der Waals surface area contributed by atoms with Crippen molar-refractivity contribution in [3.05, 3.63) is 133 Å². The largest absolute Gasteiger partial charge is 0.278 e. The maximum Gasteiger partial charge on any atom is 0.221 e. The monoisotopic (exact) mass is 528 g/mol. The molecule has 0 radical (unpaired) electrons. The molecule has 6 aromatic carbocycles. The molecule has 192 valence electrons. The molecule has 0 unspecified atom stereocenters. The number of benzene rings is 6. The van der Waals surface area contributed by atoms with E-state index in [1.54, 1.807) is 0 Å². The summed E-state index contributed by atoms with van der Waals surface area (Å²) in [5.74, 6) is 0.549. The van der Waals surface area contributed by atoms with Crippen molar-refractivity contribution in [3.63, 3.8) is 0 Å². The fourth-order valence-electron chi connectivity index (χ4n) is 6.38. The summed E-state index contributed by atoms with van der Waals surface area (Å²) in [4.78, 5) is 10.4. The smallest absolute Gasteiger partial charge is 0.221 e. The van der Waals surface area contributed by atoms with Crippen LogP contribution in [0.5, 0.6) is 0 Å². The van der Waals surface area contributed by atoms with E-state index in [0.717, 1.165) is 77.2 Å². The Morgan fingerprint density at radius 2 is 1.15 bits per heavy atom. The van der Waals surface area contributed by atoms with Crippen molar-refractivity contribution in [1.29, 1.82) is 0 Å². The van der Waals surface area contributed by atoms with Gasteiger partial charge in [-0.15, -0.1) is 0 Å². The van der Waals surface area contributed by atoms with Crippen LogP contribution >= 0.6 is 0 Å². The van der Waals surface area contributed by atoms with Crippen molar-refractivity contribution in [2.45, 2.75) is 0 Å². The molecule has 0 aliphatic carbocycles. The molecule has 0 saturated carbocycles. The number of halogens is 1. The zero-order valence-corrected chi connectivity index (χ0v) is 21.8. The van der Waals surface area contributed by atoms with Gasteiger partial charge < -0.3 is 0 Å². The molecule has 0 aliphatic heterocycles. The van der Waals surface area contributed by atoms with Crippen LogP contribution in [0.25, 0.3) is 77.2 Å². The molecular weight excluding hydrogens is 507 g/mol. The van der Waals surface area contributed by atoms with Crippen molar-refractivity contribution in [2.24, 2.45) is 0 Å². The molecule has 0 bridgehead atoms. The average molecular weight is 529 g/mol. The third kappa shape index (κ3) is 3.08. The Morgan fingerprint density at radius 3 is 1.95 bits per heavy atom. The van der Waals surface area contributed by atoms with Crippen LogP contribution in [0.15, 0.2) is 127 Å². The minimum Gasteiger partial charge on any atom is -0.278 e. The molecule has 0 N–H and O–H groups in total. The summed E-state index contributed by atoms with van der Waals surface area (Å²) in [7, 11) is 0. The van der Waals surface area contributed by atoms with E-state index in [1.807, 2.05) is 36.4 Å². The van der Waals surface area contributed by atoms with E-state index in [4.69, 9.17) is 9.97 Å². The van der Waals surface area contributed by atoms with E-state index in [0.29, 0.717) is 0 Å².